The first kappa shape index (κ1) is 15.6. The molecule has 2 aromatic rings. The van der Waals surface area contributed by atoms with Crippen LogP contribution in [-0.4, -0.2) is 34.3 Å². The van der Waals surface area contributed by atoms with E-state index in [-0.39, 0.29) is 0 Å². The summed E-state index contributed by atoms with van der Waals surface area (Å²) < 4.78 is 11.2. The Hall–Kier alpha value is -1.24. The highest BCUT2D eigenvalue weighted by atomic mass is 32.1. The Morgan fingerprint density at radius 3 is 2.95 bits per heavy atom. The highest BCUT2D eigenvalue weighted by Crippen LogP contribution is 2.19. The second kappa shape index (κ2) is 7.35. The molecule has 3 heterocycles. The summed E-state index contributed by atoms with van der Waals surface area (Å²) in [5, 5.41) is 6.17. The lowest BCUT2D eigenvalue weighted by molar-refractivity contribution is 0.0644. The van der Waals surface area contributed by atoms with E-state index in [9.17, 15) is 0 Å². The van der Waals surface area contributed by atoms with E-state index in [0.717, 1.165) is 38.4 Å². The van der Waals surface area contributed by atoms with Crippen molar-refractivity contribution >= 4 is 11.3 Å². The Labute approximate surface area is 135 Å². The van der Waals surface area contributed by atoms with E-state index >= 15 is 0 Å². The van der Waals surface area contributed by atoms with Crippen molar-refractivity contribution < 1.29 is 9.26 Å². The van der Waals surface area contributed by atoms with E-state index < -0.39 is 0 Å². The minimum absolute atomic E-state index is 0.293. The summed E-state index contributed by atoms with van der Waals surface area (Å²) in [4.78, 5) is 8.19. The first-order valence-electron chi connectivity index (χ1n) is 7.89. The highest BCUT2D eigenvalue weighted by Gasteiger charge is 2.21. The molecule has 3 rings (SSSR count). The Bertz CT molecular complexity index is 562. The summed E-state index contributed by atoms with van der Waals surface area (Å²) >= 11 is 1.78. The van der Waals surface area contributed by atoms with Crippen LogP contribution in [0.5, 0.6) is 0 Å². The van der Waals surface area contributed by atoms with E-state index in [1.165, 1.54) is 4.88 Å². The van der Waals surface area contributed by atoms with Crippen molar-refractivity contribution in [2.45, 2.75) is 51.8 Å². The van der Waals surface area contributed by atoms with E-state index in [2.05, 4.69) is 46.4 Å². The fraction of sp³-hybridized carbons (Fsp3) is 0.625. The molecule has 22 heavy (non-hydrogen) atoms. The molecule has 0 aliphatic carbocycles. The summed E-state index contributed by atoms with van der Waals surface area (Å²) in [5.41, 5.74) is 0. The highest BCUT2D eigenvalue weighted by molar-refractivity contribution is 7.09. The molecule has 0 aromatic carbocycles. The summed E-state index contributed by atoms with van der Waals surface area (Å²) in [5.74, 6) is 1.77. The molecule has 5 nitrogen and oxygen atoms in total. The number of ether oxygens (including phenoxy) is 1. The molecule has 120 valence electrons. The predicted molar refractivity (Wildman–Crippen MR) is 85.8 cm³/mol. The maximum absolute atomic E-state index is 5.78. The zero-order valence-electron chi connectivity index (χ0n) is 13.2. The van der Waals surface area contributed by atoms with Crippen LogP contribution in [0.4, 0.5) is 0 Å². The Kier molecular flexibility index (Phi) is 5.23. The van der Waals surface area contributed by atoms with Gasteiger partial charge in [0.1, 0.15) is 0 Å². The van der Waals surface area contributed by atoms with Crippen LogP contribution in [0.25, 0.3) is 0 Å². The standard InChI is InChI=1S/C16H23N3O2S/c1-12(2)16-17-15(21-18-16)11-19(9-13-5-3-7-20-13)10-14-6-4-8-22-14/h4,6,8,12-13H,3,5,7,9-11H2,1-2H3/t13-/m1/s1. The van der Waals surface area contributed by atoms with Gasteiger partial charge in [-0.1, -0.05) is 25.1 Å². The number of rotatable bonds is 7. The van der Waals surface area contributed by atoms with Crippen LogP contribution in [0.3, 0.4) is 0 Å². The quantitative estimate of drug-likeness (QED) is 0.782. The third-order valence-corrected chi connectivity index (χ3v) is 4.67. The van der Waals surface area contributed by atoms with Gasteiger partial charge in [-0.05, 0) is 24.3 Å². The molecule has 0 bridgehead atoms. The third-order valence-electron chi connectivity index (χ3n) is 3.80. The topological polar surface area (TPSA) is 51.4 Å². The summed E-state index contributed by atoms with van der Waals surface area (Å²) in [7, 11) is 0. The average Bonchev–Trinajstić information content (AvgIpc) is 3.19. The van der Waals surface area contributed by atoms with Gasteiger partial charge >= 0.3 is 0 Å². The van der Waals surface area contributed by atoms with Gasteiger partial charge in [-0.2, -0.15) is 4.98 Å². The maximum Gasteiger partial charge on any atom is 0.240 e. The van der Waals surface area contributed by atoms with Crippen molar-refractivity contribution in [3.8, 4) is 0 Å². The van der Waals surface area contributed by atoms with Crippen molar-refractivity contribution in [1.29, 1.82) is 0 Å². The largest absolute Gasteiger partial charge is 0.377 e. The Morgan fingerprint density at radius 1 is 1.41 bits per heavy atom. The monoisotopic (exact) mass is 321 g/mol. The molecule has 1 aliphatic rings. The van der Waals surface area contributed by atoms with Gasteiger partial charge in [0.25, 0.3) is 0 Å². The molecule has 6 heteroatoms. The molecule has 0 spiro atoms. The molecule has 0 unspecified atom stereocenters. The lowest BCUT2D eigenvalue weighted by Crippen LogP contribution is -2.31. The van der Waals surface area contributed by atoms with Crippen LogP contribution in [0, 0.1) is 0 Å². The maximum atomic E-state index is 5.78. The fourth-order valence-electron chi connectivity index (χ4n) is 2.64. The second-order valence-corrected chi connectivity index (χ2v) is 7.12. The lowest BCUT2D eigenvalue weighted by Gasteiger charge is -2.23. The molecule has 2 aromatic heterocycles. The van der Waals surface area contributed by atoms with Crippen molar-refractivity contribution in [2.24, 2.45) is 0 Å². The van der Waals surface area contributed by atoms with Crippen LogP contribution >= 0.6 is 11.3 Å². The van der Waals surface area contributed by atoms with Crippen molar-refractivity contribution in [3.05, 3.63) is 34.1 Å². The van der Waals surface area contributed by atoms with E-state index in [1.54, 1.807) is 11.3 Å². The number of thiophene rings is 1. The molecule has 1 saturated heterocycles. The SMILES string of the molecule is CC(C)c1noc(CN(Cc2cccs2)C[C@H]2CCCO2)n1. The lowest BCUT2D eigenvalue weighted by atomic mass is 10.2. The van der Waals surface area contributed by atoms with Gasteiger partial charge in [0.15, 0.2) is 5.82 Å². The van der Waals surface area contributed by atoms with Gasteiger partial charge < -0.3 is 9.26 Å². The molecule has 0 N–H and O–H groups in total. The number of hydrogen-bond donors (Lipinski definition) is 0. The average molecular weight is 321 g/mol. The van der Waals surface area contributed by atoms with Crippen LogP contribution in [0.1, 0.15) is 49.2 Å². The second-order valence-electron chi connectivity index (χ2n) is 6.09. The fourth-order valence-corrected chi connectivity index (χ4v) is 3.39. The zero-order valence-corrected chi connectivity index (χ0v) is 14.0. The molecule has 1 aliphatic heterocycles. The Morgan fingerprint density at radius 2 is 2.32 bits per heavy atom. The van der Waals surface area contributed by atoms with Crippen molar-refractivity contribution in [3.63, 3.8) is 0 Å². The third kappa shape index (κ3) is 4.15. The minimum atomic E-state index is 0.293. The van der Waals surface area contributed by atoms with Gasteiger partial charge in [-0.3, -0.25) is 4.90 Å². The van der Waals surface area contributed by atoms with Crippen LogP contribution in [0.2, 0.25) is 0 Å². The van der Waals surface area contributed by atoms with Crippen molar-refractivity contribution in [2.75, 3.05) is 13.2 Å². The normalized spacial score (nSPS) is 18.6. The molecule has 1 fully saturated rings. The predicted octanol–water partition coefficient (Wildman–Crippen LogP) is 3.44. The summed E-state index contributed by atoms with van der Waals surface area (Å²) in [6.45, 7) is 7.52. The van der Waals surface area contributed by atoms with Crippen LogP contribution in [-0.2, 0) is 17.8 Å². The van der Waals surface area contributed by atoms with Gasteiger partial charge in [-0.15, -0.1) is 11.3 Å². The first-order chi connectivity index (χ1) is 10.7. The summed E-state index contributed by atoms with van der Waals surface area (Å²) in [6.07, 6.45) is 2.63. The zero-order chi connectivity index (χ0) is 15.4. The van der Waals surface area contributed by atoms with Gasteiger partial charge in [-0.25, -0.2) is 0 Å². The Balaban J connectivity index is 1.65. The number of aromatic nitrogens is 2. The van der Waals surface area contributed by atoms with E-state index in [0.29, 0.717) is 24.5 Å². The van der Waals surface area contributed by atoms with Gasteiger partial charge in [0.05, 0.1) is 12.6 Å². The molecule has 1 atom stereocenters. The molecular weight excluding hydrogens is 298 g/mol. The van der Waals surface area contributed by atoms with Crippen LogP contribution < -0.4 is 0 Å². The van der Waals surface area contributed by atoms with E-state index in [4.69, 9.17) is 9.26 Å². The summed E-state index contributed by atoms with van der Waals surface area (Å²) in [6, 6.07) is 4.26. The smallest absolute Gasteiger partial charge is 0.240 e. The number of hydrogen-bond acceptors (Lipinski definition) is 6. The molecule has 0 saturated carbocycles. The van der Waals surface area contributed by atoms with Gasteiger partial charge in [0.2, 0.25) is 5.89 Å². The minimum Gasteiger partial charge on any atom is -0.377 e. The van der Waals surface area contributed by atoms with Crippen LogP contribution in [0.15, 0.2) is 22.0 Å². The van der Waals surface area contributed by atoms with E-state index in [1.807, 2.05) is 0 Å². The van der Waals surface area contributed by atoms with Crippen molar-refractivity contribution in [1.82, 2.24) is 15.0 Å². The number of nitrogens with zero attached hydrogens (tertiary/aromatic N) is 3. The first-order valence-corrected chi connectivity index (χ1v) is 8.77. The molecular formula is C16H23N3O2S. The van der Waals surface area contributed by atoms with Gasteiger partial charge in [0, 0.05) is 30.5 Å². The molecule has 0 amide bonds. The molecule has 0 radical (unpaired) electrons.